The summed E-state index contributed by atoms with van der Waals surface area (Å²) in [6.45, 7) is 1.46. The van der Waals surface area contributed by atoms with Gasteiger partial charge < -0.3 is 9.64 Å². The van der Waals surface area contributed by atoms with E-state index in [0.717, 1.165) is 13.0 Å². The average Bonchev–Trinajstić information content (AvgIpc) is 2.81. The molecule has 5 heteroatoms. The number of rotatable bonds is 2. The van der Waals surface area contributed by atoms with Crippen LogP contribution in [0.3, 0.4) is 0 Å². The second kappa shape index (κ2) is 5.03. The Morgan fingerprint density at radius 3 is 2.94 bits per heavy atom. The number of ether oxygens (including phenoxy) is 1. The molecule has 0 radical (unpaired) electrons. The molecule has 0 saturated carbocycles. The van der Waals surface area contributed by atoms with Crippen LogP contribution in [0.5, 0.6) is 0 Å². The van der Waals surface area contributed by atoms with Crippen molar-refractivity contribution in [3.63, 3.8) is 0 Å². The molecule has 2 rings (SSSR count). The molecular formula is C12H12BrFN2O. The van der Waals surface area contributed by atoms with Gasteiger partial charge in [0.15, 0.2) is 5.82 Å². The minimum atomic E-state index is -0.374. The van der Waals surface area contributed by atoms with E-state index in [1.807, 2.05) is 11.0 Å². The molecule has 0 amide bonds. The summed E-state index contributed by atoms with van der Waals surface area (Å²) in [5.74, 6) is -0.374. The van der Waals surface area contributed by atoms with E-state index in [-0.39, 0.29) is 16.4 Å². The van der Waals surface area contributed by atoms with Gasteiger partial charge in [-0.2, -0.15) is 5.26 Å². The second-order valence-corrected chi connectivity index (χ2v) is 4.76. The number of halogens is 2. The van der Waals surface area contributed by atoms with Crippen LogP contribution < -0.4 is 4.90 Å². The largest absolute Gasteiger partial charge is 0.380 e. The van der Waals surface area contributed by atoms with Crippen LogP contribution in [0.2, 0.25) is 0 Å². The molecule has 1 aromatic rings. The molecule has 0 N–H and O–H groups in total. The average molecular weight is 299 g/mol. The Hall–Kier alpha value is -1.12. The van der Waals surface area contributed by atoms with Gasteiger partial charge in [-0.25, -0.2) is 4.39 Å². The summed E-state index contributed by atoms with van der Waals surface area (Å²) in [5, 5.41) is 8.80. The maximum absolute atomic E-state index is 14.1. The zero-order valence-corrected chi connectivity index (χ0v) is 11.0. The Morgan fingerprint density at radius 1 is 1.59 bits per heavy atom. The molecular weight excluding hydrogens is 287 g/mol. The highest BCUT2D eigenvalue weighted by molar-refractivity contribution is 9.10. The van der Waals surface area contributed by atoms with Gasteiger partial charge in [0.2, 0.25) is 0 Å². The zero-order chi connectivity index (χ0) is 12.4. The Balaban J connectivity index is 2.29. The molecule has 0 aromatic heterocycles. The first kappa shape index (κ1) is 12.3. The Kier molecular flexibility index (Phi) is 3.65. The van der Waals surface area contributed by atoms with Crippen LogP contribution in [-0.2, 0) is 4.74 Å². The standard InChI is InChI=1S/C12H12BrFN2O/c1-17-9-4-5-16(7-9)10-3-2-8(6-15)11(13)12(10)14/h2-3,9H,4-5,7H2,1H3. The first-order chi connectivity index (χ1) is 8.17. The number of methoxy groups -OCH3 is 1. The molecule has 1 heterocycles. The Morgan fingerprint density at radius 2 is 2.35 bits per heavy atom. The van der Waals surface area contributed by atoms with Crippen molar-refractivity contribution in [2.24, 2.45) is 0 Å². The van der Waals surface area contributed by atoms with Crippen molar-refractivity contribution in [3.8, 4) is 6.07 Å². The lowest BCUT2D eigenvalue weighted by Crippen LogP contribution is -2.23. The lowest BCUT2D eigenvalue weighted by Gasteiger charge is -2.19. The van der Waals surface area contributed by atoms with Crippen molar-refractivity contribution in [1.29, 1.82) is 5.26 Å². The molecule has 90 valence electrons. The van der Waals surface area contributed by atoms with E-state index in [0.29, 0.717) is 17.8 Å². The molecule has 0 bridgehead atoms. The predicted octanol–water partition coefficient (Wildman–Crippen LogP) is 2.68. The third kappa shape index (κ3) is 2.28. The number of hydrogen-bond donors (Lipinski definition) is 0. The highest BCUT2D eigenvalue weighted by Crippen LogP contribution is 2.31. The first-order valence-electron chi connectivity index (χ1n) is 5.33. The lowest BCUT2D eigenvalue weighted by molar-refractivity contribution is 0.121. The van der Waals surface area contributed by atoms with Crippen LogP contribution in [0.15, 0.2) is 16.6 Å². The van der Waals surface area contributed by atoms with Gasteiger partial charge in [-0.15, -0.1) is 0 Å². The summed E-state index contributed by atoms with van der Waals surface area (Å²) in [5.41, 5.74) is 0.837. The van der Waals surface area contributed by atoms with Gasteiger partial charge in [-0.1, -0.05) is 0 Å². The van der Waals surface area contributed by atoms with Crippen LogP contribution in [0, 0.1) is 17.1 Å². The van der Waals surface area contributed by atoms with Gasteiger partial charge in [-0.3, -0.25) is 0 Å². The molecule has 1 unspecified atom stereocenters. The molecule has 1 aliphatic heterocycles. The van der Waals surface area contributed by atoms with Crippen molar-refractivity contribution in [2.45, 2.75) is 12.5 Å². The monoisotopic (exact) mass is 298 g/mol. The maximum Gasteiger partial charge on any atom is 0.161 e. The minimum Gasteiger partial charge on any atom is -0.380 e. The third-order valence-electron chi connectivity index (χ3n) is 3.00. The molecule has 1 aliphatic rings. The van der Waals surface area contributed by atoms with Gasteiger partial charge in [0.1, 0.15) is 6.07 Å². The third-order valence-corrected chi connectivity index (χ3v) is 3.78. The molecule has 1 aromatic carbocycles. The van der Waals surface area contributed by atoms with Gasteiger partial charge >= 0.3 is 0 Å². The Bertz CT molecular complexity index is 472. The second-order valence-electron chi connectivity index (χ2n) is 3.96. The number of nitriles is 1. The van der Waals surface area contributed by atoms with Crippen LogP contribution in [0.25, 0.3) is 0 Å². The zero-order valence-electron chi connectivity index (χ0n) is 9.41. The van der Waals surface area contributed by atoms with E-state index in [1.165, 1.54) is 0 Å². The lowest BCUT2D eigenvalue weighted by atomic mass is 10.2. The van der Waals surface area contributed by atoms with E-state index in [9.17, 15) is 4.39 Å². The summed E-state index contributed by atoms with van der Waals surface area (Å²) in [7, 11) is 1.67. The summed E-state index contributed by atoms with van der Waals surface area (Å²) >= 11 is 3.12. The van der Waals surface area contributed by atoms with E-state index in [4.69, 9.17) is 10.00 Å². The fourth-order valence-electron chi connectivity index (χ4n) is 2.01. The van der Waals surface area contributed by atoms with Crippen LogP contribution in [0.4, 0.5) is 10.1 Å². The smallest absolute Gasteiger partial charge is 0.161 e. The quantitative estimate of drug-likeness (QED) is 0.842. The van der Waals surface area contributed by atoms with Crippen molar-refractivity contribution in [3.05, 3.63) is 28.0 Å². The number of benzene rings is 1. The SMILES string of the molecule is COC1CCN(c2ccc(C#N)c(Br)c2F)C1. The predicted molar refractivity (Wildman–Crippen MR) is 66.4 cm³/mol. The van der Waals surface area contributed by atoms with Crippen molar-refractivity contribution in [2.75, 3.05) is 25.1 Å². The van der Waals surface area contributed by atoms with Gasteiger partial charge in [0.25, 0.3) is 0 Å². The fourth-order valence-corrected chi connectivity index (χ4v) is 2.43. The van der Waals surface area contributed by atoms with Crippen molar-refractivity contribution in [1.82, 2.24) is 0 Å². The topological polar surface area (TPSA) is 36.3 Å². The molecule has 0 spiro atoms. The molecule has 1 atom stereocenters. The van der Waals surface area contributed by atoms with Crippen LogP contribution >= 0.6 is 15.9 Å². The Labute approximate surface area is 108 Å². The molecule has 1 saturated heterocycles. The minimum absolute atomic E-state index is 0.156. The highest BCUT2D eigenvalue weighted by atomic mass is 79.9. The highest BCUT2D eigenvalue weighted by Gasteiger charge is 2.25. The van der Waals surface area contributed by atoms with E-state index in [1.54, 1.807) is 19.2 Å². The summed E-state index contributed by atoms with van der Waals surface area (Å²) < 4.78 is 19.5. The summed E-state index contributed by atoms with van der Waals surface area (Å²) in [4.78, 5) is 1.94. The van der Waals surface area contributed by atoms with Gasteiger partial charge in [-0.05, 0) is 34.5 Å². The van der Waals surface area contributed by atoms with Gasteiger partial charge in [0.05, 0.1) is 21.8 Å². The van der Waals surface area contributed by atoms with E-state index in [2.05, 4.69) is 15.9 Å². The van der Waals surface area contributed by atoms with Crippen LogP contribution in [0.1, 0.15) is 12.0 Å². The van der Waals surface area contributed by atoms with E-state index < -0.39 is 0 Å². The molecule has 0 aliphatic carbocycles. The normalized spacial score (nSPS) is 19.4. The molecule has 17 heavy (non-hydrogen) atoms. The van der Waals surface area contributed by atoms with Crippen molar-refractivity contribution < 1.29 is 9.13 Å². The summed E-state index contributed by atoms with van der Waals surface area (Å²) in [6, 6.07) is 5.22. The number of hydrogen-bond acceptors (Lipinski definition) is 3. The van der Waals surface area contributed by atoms with Gasteiger partial charge in [0, 0.05) is 20.2 Å². The number of nitrogens with zero attached hydrogens (tertiary/aromatic N) is 2. The van der Waals surface area contributed by atoms with Crippen molar-refractivity contribution >= 4 is 21.6 Å². The van der Waals surface area contributed by atoms with Crippen LogP contribution in [-0.4, -0.2) is 26.3 Å². The first-order valence-corrected chi connectivity index (χ1v) is 6.12. The fraction of sp³-hybridized carbons (Fsp3) is 0.417. The number of anilines is 1. The van der Waals surface area contributed by atoms with E-state index >= 15 is 0 Å². The molecule has 3 nitrogen and oxygen atoms in total. The molecule has 1 fully saturated rings. The maximum atomic E-state index is 14.1. The summed E-state index contributed by atoms with van der Waals surface area (Å²) in [6.07, 6.45) is 1.05.